The minimum atomic E-state index is -3.88. The molecule has 0 saturated carbocycles. The van der Waals surface area contributed by atoms with E-state index in [0.717, 1.165) is 18.0 Å². The number of nitrogens with one attached hydrogen (secondary N) is 1. The average Bonchev–Trinajstić information content (AvgIpc) is 2.84. The summed E-state index contributed by atoms with van der Waals surface area (Å²) in [5.74, 6) is 0.0657. The highest BCUT2D eigenvalue weighted by Gasteiger charge is 2.18. The molecule has 21 heavy (non-hydrogen) atoms. The summed E-state index contributed by atoms with van der Waals surface area (Å²) in [6.45, 7) is -0.343. The Kier molecular flexibility index (Phi) is 4.71. The highest BCUT2D eigenvalue weighted by molar-refractivity contribution is 7.89. The first-order valence-electron chi connectivity index (χ1n) is 6.29. The Balaban J connectivity index is 2.12. The van der Waals surface area contributed by atoms with Gasteiger partial charge in [-0.3, -0.25) is 0 Å². The van der Waals surface area contributed by atoms with Gasteiger partial charge in [-0.25, -0.2) is 22.5 Å². The second-order valence-corrected chi connectivity index (χ2v) is 6.25. The van der Waals surface area contributed by atoms with Gasteiger partial charge in [0.2, 0.25) is 10.0 Å². The summed E-state index contributed by atoms with van der Waals surface area (Å²) >= 11 is 0. The van der Waals surface area contributed by atoms with E-state index in [1.807, 2.05) is 7.05 Å². The van der Waals surface area contributed by atoms with Gasteiger partial charge < -0.3 is 9.67 Å². The molecule has 0 radical (unpaired) electrons. The molecular formula is C13H16FN3O3S. The van der Waals surface area contributed by atoms with E-state index >= 15 is 0 Å². The molecule has 1 heterocycles. The molecular weight excluding hydrogens is 297 g/mol. The predicted molar refractivity (Wildman–Crippen MR) is 74.4 cm³/mol. The normalized spacial score (nSPS) is 11.8. The number of aliphatic hydroxyl groups excluding tert-OH is 1. The molecule has 0 atom stereocenters. The third-order valence-electron chi connectivity index (χ3n) is 3.05. The first-order valence-corrected chi connectivity index (χ1v) is 7.77. The molecule has 0 fully saturated rings. The summed E-state index contributed by atoms with van der Waals surface area (Å²) in [4.78, 5) is 3.84. The zero-order valence-corrected chi connectivity index (χ0v) is 12.3. The predicted octanol–water partition coefficient (Wildman–Crippen LogP) is 0.572. The number of rotatable bonds is 6. The summed E-state index contributed by atoms with van der Waals surface area (Å²) in [6.07, 6.45) is 3.80. The zero-order valence-electron chi connectivity index (χ0n) is 11.5. The summed E-state index contributed by atoms with van der Waals surface area (Å²) in [6, 6.07) is 3.26. The summed E-state index contributed by atoms with van der Waals surface area (Å²) in [5.41, 5.74) is 0.154. The van der Waals surface area contributed by atoms with Crippen LogP contribution in [0.15, 0.2) is 35.5 Å². The standard InChI is InChI=1S/C13H16FN3O3S/c1-17-7-6-15-13(17)4-5-16-21(19,20)12-8-11(14)3-2-10(12)9-18/h2-3,6-8,16,18H,4-5,9H2,1H3. The SMILES string of the molecule is Cn1ccnc1CCNS(=O)(=O)c1cc(F)ccc1CO. The molecule has 1 aromatic carbocycles. The fraction of sp³-hybridized carbons (Fsp3) is 0.308. The summed E-state index contributed by atoms with van der Waals surface area (Å²) < 4.78 is 41.7. The van der Waals surface area contributed by atoms with E-state index in [1.54, 1.807) is 17.0 Å². The van der Waals surface area contributed by atoms with Gasteiger partial charge in [-0.1, -0.05) is 6.07 Å². The zero-order chi connectivity index (χ0) is 15.5. The van der Waals surface area contributed by atoms with Gasteiger partial charge >= 0.3 is 0 Å². The van der Waals surface area contributed by atoms with Crippen LogP contribution in [0.3, 0.4) is 0 Å². The van der Waals surface area contributed by atoms with Crippen molar-refractivity contribution in [1.29, 1.82) is 0 Å². The van der Waals surface area contributed by atoms with Crippen molar-refractivity contribution in [3.63, 3.8) is 0 Å². The number of hydrogen-bond acceptors (Lipinski definition) is 4. The molecule has 2 N–H and O–H groups in total. The molecule has 0 aliphatic rings. The van der Waals surface area contributed by atoms with Crippen molar-refractivity contribution < 1.29 is 17.9 Å². The monoisotopic (exact) mass is 313 g/mol. The van der Waals surface area contributed by atoms with Crippen LogP contribution >= 0.6 is 0 Å². The lowest BCUT2D eigenvalue weighted by atomic mass is 10.2. The number of nitrogens with zero attached hydrogens (tertiary/aromatic N) is 2. The quantitative estimate of drug-likeness (QED) is 0.817. The first-order chi connectivity index (χ1) is 9.94. The molecule has 0 unspecified atom stereocenters. The molecule has 1 aromatic heterocycles. The van der Waals surface area contributed by atoms with Crippen molar-refractivity contribution in [3.8, 4) is 0 Å². The Morgan fingerprint density at radius 1 is 1.43 bits per heavy atom. The van der Waals surface area contributed by atoms with Crippen LogP contribution in [0.4, 0.5) is 4.39 Å². The van der Waals surface area contributed by atoms with Crippen molar-refractivity contribution >= 4 is 10.0 Å². The number of halogens is 1. The van der Waals surface area contributed by atoms with E-state index in [4.69, 9.17) is 5.11 Å². The lowest BCUT2D eigenvalue weighted by molar-refractivity contribution is 0.278. The van der Waals surface area contributed by atoms with E-state index in [-0.39, 0.29) is 17.0 Å². The Morgan fingerprint density at radius 2 is 2.19 bits per heavy atom. The molecule has 6 nitrogen and oxygen atoms in total. The fourth-order valence-corrected chi connectivity index (χ4v) is 3.19. The van der Waals surface area contributed by atoms with Crippen molar-refractivity contribution in [2.24, 2.45) is 7.05 Å². The van der Waals surface area contributed by atoms with Gasteiger partial charge in [0.05, 0.1) is 11.5 Å². The molecule has 0 aliphatic heterocycles. The van der Waals surface area contributed by atoms with Crippen molar-refractivity contribution in [2.75, 3.05) is 6.54 Å². The second-order valence-electron chi connectivity index (χ2n) is 4.51. The van der Waals surface area contributed by atoms with Crippen LogP contribution in [-0.2, 0) is 30.1 Å². The van der Waals surface area contributed by atoms with Gasteiger partial charge in [0.15, 0.2) is 0 Å². The van der Waals surface area contributed by atoms with Crippen LogP contribution in [-0.4, -0.2) is 29.6 Å². The number of aryl methyl sites for hydroxylation is 1. The largest absolute Gasteiger partial charge is 0.392 e. The third kappa shape index (κ3) is 3.66. The van der Waals surface area contributed by atoms with Crippen molar-refractivity contribution in [2.45, 2.75) is 17.9 Å². The number of benzene rings is 1. The molecule has 2 rings (SSSR count). The lowest BCUT2D eigenvalue weighted by Crippen LogP contribution is -2.27. The average molecular weight is 313 g/mol. The molecule has 2 aromatic rings. The number of aromatic nitrogens is 2. The maximum absolute atomic E-state index is 13.2. The molecule has 0 spiro atoms. The summed E-state index contributed by atoms with van der Waals surface area (Å²) in [5, 5.41) is 9.16. The van der Waals surface area contributed by atoms with Gasteiger partial charge in [0.1, 0.15) is 11.6 Å². The second kappa shape index (κ2) is 6.33. The van der Waals surface area contributed by atoms with Gasteiger partial charge in [-0.05, 0) is 17.7 Å². The van der Waals surface area contributed by atoms with Crippen LogP contribution in [0.25, 0.3) is 0 Å². The molecule has 0 saturated heterocycles. The Labute approximate surface area is 122 Å². The van der Waals surface area contributed by atoms with E-state index < -0.39 is 22.4 Å². The summed E-state index contributed by atoms with van der Waals surface area (Å²) in [7, 11) is -2.07. The van der Waals surface area contributed by atoms with E-state index in [9.17, 15) is 12.8 Å². The number of imidazole rings is 1. The van der Waals surface area contributed by atoms with E-state index in [1.165, 1.54) is 6.07 Å². The van der Waals surface area contributed by atoms with Crippen LogP contribution < -0.4 is 4.72 Å². The Hall–Kier alpha value is -1.77. The molecule has 8 heteroatoms. The minimum Gasteiger partial charge on any atom is -0.392 e. The minimum absolute atomic E-state index is 0.134. The molecule has 0 amide bonds. The van der Waals surface area contributed by atoms with E-state index in [0.29, 0.717) is 6.42 Å². The van der Waals surface area contributed by atoms with Crippen LogP contribution in [0.5, 0.6) is 0 Å². The number of sulfonamides is 1. The lowest BCUT2D eigenvalue weighted by Gasteiger charge is -2.10. The van der Waals surface area contributed by atoms with Gasteiger partial charge in [0, 0.05) is 32.4 Å². The molecule has 114 valence electrons. The Bertz CT molecular complexity index is 728. The number of aliphatic hydroxyl groups is 1. The fourth-order valence-electron chi connectivity index (χ4n) is 1.92. The topological polar surface area (TPSA) is 84.2 Å². The number of hydrogen-bond donors (Lipinski definition) is 2. The Morgan fingerprint density at radius 3 is 2.81 bits per heavy atom. The molecule has 0 aliphatic carbocycles. The van der Waals surface area contributed by atoms with Gasteiger partial charge in [-0.15, -0.1) is 0 Å². The first kappa shape index (κ1) is 15.6. The maximum Gasteiger partial charge on any atom is 0.241 e. The highest BCUT2D eigenvalue weighted by atomic mass is 32.2. The van der Waals surface area contributed by atoms with Crippen molar-refractivity contribution in [1.82, 2.24) is 14.3 Å². The van der Waals surface area contributed by atoms with Gasteiger partial charge in [-0.2, -0.15) is 0 Å². The van der Waals surface area contributed by atoms with Crippen LogP contribution in [0.1, 0.15) is 11.4 Å². The van der Waals surface area contributed by atoms with Crippen LogP contribution in [0, 0.1) is 5.82 Å². The third-order valence-corrected chi connectivity index (χ3v) is 4.59. The smallest absolute Gasteiger partial charge is 0.241 e. The maximum atomic E-state index is 13.2. The van der Waals surface area contributed by atoms with E-state index in [2.05, 4.69) is 9.71 Å². The highest BCUT2D eigenvalue weighted by Crippen LogP contribution is 2.17. The van der Waals surface area contributed by atoms with Gasteiger partial charge in [0.25, 0.3) is 0 Å². The van der Waals surface area contributed by atoms with Crippen molar-refractivity contribution in [3.05, 3.63) is 47.8 Å². The van der Waals surface area contributed by atoms with Crippen LogP contribution in [0.2, 0.25) is 0 Å². The molecule has 0 bridgehead atoms.